The van der Waals surface area contributed by atoms with Gasteiger partial charge in [-0.05, 0) is 6.92 Å². The van der Waals surface area contributed by atoms with Crippen LogP contribution in [0.1, 0.15) is 13.3 Å². The predicted molar refractivity (Wildman–Crippen MR) is 90.6 cm³/mol. The molecule has 0 aliphatic heterocycles. The number of ketones is 1. The van der Waals surface area contributed by atoms with Crippen LogP contribution >= 0.6 is 0 Å². The average Bonchev–Trinajstić information content (AvgIpc) is 2.55. The Morgan fingerprint density at radius 2 is 2.20 bits per heavy atom. The second kappa shape index (κ2) is 8.88. The van der Waals surface area contributed by atoms with E-state index in [-0.39, 0.29) is 50.8 Å². The summed E-state index contributed by atoms with van der Waals surface area (Å²) in [7, 11) is 0. The summed E-state index contributed by atoms with van der Waals surface area (Å²) < 4.78 is 5.68. The summed E-state index contributed by atoms with van der Waals surface area (Å²) >= 11 is 0. The molecule has 3 rings (SSSR count). The summed E-state index contributed by atoms with van der Waals surface area (Å²) in [5, 5.41) is 13.7. The van der Waals surface area contributed by atoms with Gasteiger partial charge in [0.05, 0.1) is 17.5 Å². The van der Waals surface area contributed by atoms with Crippen LogP contribution in [0.25, 0.3) is 10.9 Å². The van der Waals surface area contributed by atoms with Crippen LogP contribution in [0.3, 0.4) is 0 Å². The van der Waals surface area contributed by atoms with E-state index in [9.17, 15) is 9.90 Å². The third-order valence-corrected chi connectivity index (χ3v) is 3.37. The van der Waals surface area contributed by atoms with E-state index < -0.39 is 0 Å². The molecule has 25 heavy (non-hydrogen) atoms. The normalized spacial score (nSPS) is 10.1. The van der Waals surface area contributed by atoms with Crippen molar-refractivity contribution in [2.75, 3.05) is 11.9 Å². The summed E-state index contributed by atoms with van der Waals surface area (Å²) in [4.78, 5) is 19.6. The van der Waals surface area contributed by atoms with Crippen molar-refractivity contribution in [3.05, 3.63) is 48.8 Å². The van der Waals surface area contributed by atoms with Gasteiger partial charge in [0, 0.05) is 51.3 Å². The first-order chi connectivity index (χ1) is 11.6. The number of nitrogens with one attached hydrogen (secondary N) is 1. The van der Waals surface area contributed by atoms with Gasteiger partial charge in [-0.1, -0.05) is 5.69 Å². The maximum absolute atomic E-state index is 11.1. The number of ether oxygens (including phenoxy) is 1. The molecule has 0 spiro atoms. The van der Waals surface area contributed by atoms with Gasteiger partial charge in [-0.2, -0.15) is 24.3 Å². The number of aromatic hydroxyl groups is 1. The summed E-state index contributed by atoms with van der Waals surface area (Å²) in [6.45, 7) is 1.73. The fraction of sp³-hybridized carbons (Fsp3) is 0.167. The number of carbonyl (C=O) groups excluding carboxylic acids is 1. The third kappa shape index (κ3) is 4.97. The third-order valence-electron chi connectivity index (χ3n) is 3.37. The molecular weight excluding hydrogens is 395 g/mol. The topological polar surface area (TPSA) is 84.3 Å². The molecule has 2 N–H and O–H groups in total. The van der Waals surface area contributed by atoms with Crippen LogP contribution in [0.2, 0.25) is 0 Å². The van der Waals surface area contributed by atoms with Gasteiger partial charge in [0.15, 0.2) is 0 Å². The Balaban J connectivity index is 0.00000225. The molecule has 0 saturated heterocycles. The van der Waals surface area contributed by atoms with E-state index in [2.05, 4.69) is 21.4 Å². The Kier molecular flexibility index (Phi) is 6.85. The predicted octanol–water partition coefficient (Wildman–Crippen LogP) is 3.23. The summed E-state index contributed by atoms with van der Waals surface area (Å²) in [6.07, 6.45) is 1.71. The number of hydrogen-bond acceptors (Lipinski definition) is 6. The van der Waals surface area contributed by atoms with Crippen molar-refractivity contribution in [3.8, 4) is 11.5 Å². The fourth-order valence-electron chi connectivity index (χ4n) is 2.26. The van der Waals surface area contributed by atoms with Gasteiger partial charge in [0.1, 0.15) is 29.4 Å². The number of benzene rings is 2. The van der Waals surface area contributed by atoms with E-state index in [1.54, 1.807) is 12.1 Å². The Morgan fingerprint density at radius 1 is 1.36 bits per heavy atom. The molecule has 0 amide bonds. The standard InChI is InChI=1S/C18H16N3O3.Y/c1-12(22)7-8-24-16-10-14(23)9-15-17(16)18(20-11-19-15)21-13-5-3-2-4-6-13;/h2-3,5-6,9-11,23H,7-8H2,1H3,(H,19,20,21);/q-1;. The number of phenols is 1. The van der Waals surface area contributed by atoms with Crippen molar-refractivity contribution in [3.63, 3.8) is 0 Å². The van der Waals surface area contributed by atoms with Crippen molar-refractivity contribution >= 4 is 28.2 Å². The van der Waals surface area contributed by atoms with E-state index in [1.807, 2.05) is 12.1 Å². The molecule has 6 nitrogen and oxygen atoms in total. The molecule has 0 unspecified atom stereocenters. The minimum Gasteiger partial charge on any atom is -0.508 e. The number of fused-ring (bicyclic) bond motifs is 1. The average molecular weight is 411 g/mol. The van der Waals surface area contributed by atoms with E-state index in [4.69, 9.17) is 4.74 Å². The SMILES string of the molecule is CC(=O)CCOc1cc(O)cc2ncnc(Nc3c[c-]ccc3)c12.[Y]. The van der Waals surface area contributed by atoms with Crippen LogP contribution in [-0.2, 0) is 37.5 Å². The maximum atomic E-state index is 11.1. The van der Waals surface area contributed by atoms with Crippen LogP contribution in [-0.4, -0.2) is 27.5 Å². The van der Waals surface area contributed by atoms with Crippen molar-refractivity contribution in [2.45, 2.75) is 13.3 Å². The Bertz CT molecular complexity index is 872. The van der Waals surface area contributed by atoms with Gasteiger partial charge < -0.3 is 15.2 Å². The second-order valence-electron chi connectivity index (χ2n) is 5.28. The van der Waals surface area contributed by atoms with E-state index in [1.165, 1.54) is 25.4 Å². The van der Waals surface area contributed by atoms with Gasteiger partial charge in [0.25, 0.3) is 0 Å². The second-order valence-corrected chi connectivity index (χ2v) is 5.28. The van der Waals surface area contributed by atoms with Gasteiger partial charge in [-0.3, -0.25) is 4.79 Å². The molecule has 1 radical (unpaired) electrons. The molecular formula is C18H16N3O3Y-. The quantitative estimate of drug-likeness (QED) is 0.606. The van der Waals surface area contributed by atoms with Crippen LogP contribution in [0.15, 0.2) is 42.7 Å². The molecule has 0 bridgehead atoms. The number of carbonyl (C=O) groups is 1. The van der Waals surface area contributed by atoms with Crippen LogP contribution in [0.4, 0.5) is 11.5 Å². The number of phenolic OH excluding ortho intramolecular Hbond substituents is 1. The first-order valence-electron chi connectivity index (χ1n) is 7.46. The maximum Gasteiger partial charge on any atom is 0.136 e. The Hall–Kier alpha value is -2.05. The molecule has 1 heterocycles. The van der Waals surface area contributed by atoms with E-state index in [0.717, 1.165) is 5.69 Å². The Labute approximate surface area is 170 Å². The Morgan fingerprint density at radius 3 is 2.92 bits per heavy atom. The smallest absolute Gasteiger partial charge is 0.136 e. The molecule has 3 aromatic rings. The molecule has 0 aliphatic carbocycles. The van der Waals surface area contributed by atoms with Crippen LogP contribution < -0.4 is 10.1 Å². The van der Waals surface area contributed by atoms with E-state index in [0.29, 0.717) is 28.9 Å². The first kappa shape index (κ1) is 19.3. The number of hydrogen-bond donors (Lipinski definition) is 2. The zero-order valence-corrected chi connectivity index (χ0v) is 16.5. The largest absolute Gasteiger partial charge is 0.508 e. The fourth-order valence-corrected chi connectivity index (χ4v) is 2.26. The van der Waals surface area contributed by atoms with Crippen molar-refractivity contribution in [1.82, 2.24) is 9.97 Å². The zero-order valence-electron chi connectivity index (χ0n) is 13.7. The van der Waals surface area contributed by atoms with Crippen molar-refractivity contribution in [2.24, 2.45) is 0 Å². The van der Waals surface area contributed by atoms with Gasteiger partial charge >= 0.3 is 0 Å². The number of rotatable bonds is 6. The molecule has 125 valence electrons. The number of anilines is 2. The molecule has 0 aliphatic rings. The molecule has 1 aromatic heterocycles. The molecule has 7 heteroatoms. The van der Waals surface area contributed by atoms with Crippen LogP contribution in [0, 0.1) is 6.07 Å². The van der Waals surface area contributed by atoms with Crippen molar-refractivity contribution < 1.29 is 47.3 Å². The number of nitrogens with zero attached hydrogens (tertiary/aromatic N) is 2. The first-order valence-corrected chi connectivity index (χ1v) is 7.46. The minimum atomic E-state index is 0. The summed E-state index contributed by atoms with van der Waals surface area (Å²) in [5.74, 6) is 1.05. The minimum absolute atomic E-state index is 0. The van der Waals surface area contributed by atoms with Gasteiger partial charge in [-0.25, -0.2) is 9.97 Å². The zero-order chi connectivity index (χ0) is 16.9. The number of Topliss-reactive ketones (excluding diaryl/α,β-unsaturated/α-hetero) is 1. The molecule has 0 fully saturated rings. The summed E-state index contributed by atoms with van der Waals surface area (Å²) in [5.41, 5.74) is 1.37. The van der Waals surface area contributed by atoms with Gasteiger partial charge in [-0.15, -0.1) is 6.07 Å². The number of aromatic nitrogens is 2. The van der Waals surface area contributed by atoms with Gasteiger partial charge in [0.2, 0.25) is 0 Å². The molecule has 2 aromatic carbocycles. The monoisotopic (exact) mass is 411 g/mol. The molecule has 0 atom stereocenters. The van der Waals surface area contributed by atoms with Crippen LogP contribution in [0.5, 0.6) is 11.5 Å². The van der Waals surface area contributed by atoms with Crippen molar-refractivity contribution in [1.29, 1.82) is 0 Å². The molecule has 0 saturated carbocycles. The van der Waals surface area contributed by atoms with E-state index >= 15 is 0 Å². The summed E-state index contributed by atoms with van der Waals surface area (Å²) in [6, 6.07) is 13.4.